The lowest BCUT2D eigenvalue weighted by Crippen LogP contribution is -2.50. The lowest BCUT2D eigenvalue weighted by molar-refractivity contribution is -0.204. The van der Waals surface area contributed by atoms with Gasteiger partial charge in [0.05, 0.1) is 6.10 Å². The second-order valence-electron chi connectivity index (χ2n) is 10.1. The Bertz CT molecular complexity index is 1530. The van der Waals surface area contributed by atoms with Crippen LogP contribution in [0.3, 0.4) is 0 Å². The summed E-state index contributed by atoms with van der Waals surface area (Å²) in [4.78, 5) is 28.3. The predicted octanol–water partition coefficient (Wildman–Crippen LogP) is 2.42. The number of fused-ring (bicyclic) bond motifs is 1. The minimum Gasteiger partial charge on any atom is -0.462 e. The molecule has 0 aliphatic carbocycles. The van der Waals surface area contributed by atoms with E-state index in [-0.39, 0.29) is 11.6 Å². The van der Waals surface area contributed by atoms with Crippen LogP contribution in [0.5, 0.6) is 5.75 Å². The molecule has 13 nitrogen and oxygen atoms in total. The van der Waals surface area contributed by atoms with Gasteiger partial charge in [-0.05, 0) is 45.2 Å². The maximum Gasteiger partial charge on any atom is 0.459 e. The fraction of sp³-hybridized carbons (Fsp3) is 0.423. The quantitative estimate of drug-likeness (QED) is 0.199. The topological polar surface area (TPSA) is 184 Å². The first-order valence-electron chi connectivity index (χ1n) is 12.7. The summed E-state index contributed by atoms with van der Waals surface area (Å²) in [7, 11) is -4.63. The summed E-state index contributed by atoms with van der Waals surface area (Å²) in [5.41, 5.74) is 2.15. The number of benzene rings is 2. The number of nitrogens with zero attached hydrogens (tertiary/aromatic N) is 2. The van der Waals surface area contributed by atoms with Crippen LogP contribution < -0.4 is 21.0 Å². The molecule has 15 heteroatoms. The third kappa shape index (κ3) is 6.43. The lowest BCUT2D eigenvalue weighted by Gasteiger charge is -2.29. The van der Waals surface area contributed by atoms with Gasteiger partial charge in [-0.15, -0.1) is 0 Å². The smallest absolute Gasteiger partial charge is 0.459 e. The van der Waals surface area contributed by atoms with Crippen LogP contribution >= 0.6 is 7.75 Å². The molecule has 0 radical (unpaired) electrons. The number of alkyl halides is 1. The number of carbonyl (C=O) groups is 1. The SMILES string of the molecule is CC(C)OC(=O)[C@H](C)NP(=O)(OC[C@@]1(F)O[C@@H](n2ccc(N)nc2=O)[C@](C)(O)[C@@H]1O)Oc1cccc2ccccc12. The van der Waals surface area contributed by atoms with Crippen molar-refractivity contribution in [1.29, 1.82) is 0 Å². The average Bonchev–Trinajstić information content (AvgIpc) is 3.07. The summed E-state index contributed by atoms with van der Waals surface area (Å²) < 4.78 is 52.5. The van der Waals surface area contributed by atoms with E-state index in [1.807, 2.05) is 0 Å². The first kappa shape index (κ1) is 30.6. The van der Waals surface area contributed by atoms with Crippen LogP contribution in [0.1, 0.15) is 33.9 Å². The van der Waals surface area contributed by atoms with E-state index in [0.29, 0.717) is 5.39 Å². The van der Waals surface area contributed by atoms with E-state index < -0.39 is 61.9 Å². The number of aliphatic hydroxyl groups excluding tert-OH is 1. The number of aliphatic hydroxyl groups is 2. The standard InChI is InChI=1S/C26H32FN4O9P/c1-15(2)38-21(32)16(3)30-41(36,40-19-11-7-9-17-8-5-6-10-18(17)19)37-14-26(27)22(33)25(4,35)23(39-26)31-13-12-20(28)29-24(31)34/h5-13,15-16,22-23,33,35H,14H2,1-4H3,(H,30,36)(H2,28,29,34)/t16-,22-,23+,25+,26+,41?/m0/s1. The molecule has 222 valence electrons. The highest BCUT2D eigenvalue weighted by Gasteiger charge is 2.64. The van der Waals surface area contributed by atoms with Crippen molar-refractivity contribution in [3.63, 3.8) is 0 Å². The molecule has 0 saturated carbocycles. The molecule has 0 spiro atoms. The van der Waals surface area contributed by atoms with Crippen molar-refractivity contribution in [3.05, 3.63) is 65.2 Å². The molecule has 1 saturated heterocycles. The maximum absolute atomic E-state index is 16.1. The van der Waals surface area contributed by atoms with Crippen molar-refractivity contribution in [2.45, 2.75) is 63.6 Å². The van der Waals surface area contributed by atoms with E-state index in [4.69, 9.17) is 24.3 Å². The van der Waals surface area contributed by atoms with Crippen LogP contribution in [-0.2, 0) is 23.4 Å². The summed E-state index contributed by atoms with van der Waals surface area (Å²) in [5, 5.41) is 25.4. The summed E-state index contributed by atoms with van der Waals surface area (Å²) in [5.74, 6) is -4.01. The van der Waals surface area contributed by atoms with Gasteiger partial charge in [-0.25, -0.2) is 13.8 Å². The molecule has 0 amide bonds. The molecule has 1 aromatic heterocycles. The summed E-state index contributed by atoms with van der Waals surface area (Å²) >= 11 is 0. The minimum atomic E-state index is -4.63. The molecule has 4 rings (SSSR count). The lowest BCUT2D eigenvalue weighted by atomic mass is 9.95. The molecule has 3 aromatic rings. The van der Waals surface area contributed by atoms with Gasteiger partial charge in [-0.2, -0.15) is 10.1 Å². The van der Waals surface area contributed by atoms with Gasteiger partial charge in [0.15, 0.2) is 6.23 Å². The Balaban J connectivity index is 1.64. The number of hydrogen-bond acceptors (Lipinski definition) is 11. The van der Waals surface area contributed by atoms with E-state index >= 15 is 4.39 Å². The zero-order valence-electron chi connectivity index (χ0n) is 22.8. The van der Waals surface area contributed by atoms with Gasteiger partial charge in [0.2, 0.25) is 0 Å². The third-order valence-corrected chi connectivity index (χ3v) is 7.94. The van der Waals surface area contributed by atoms with Crippen molar-refractivity contribution >= 4 is 30.3 Å². The van der Waals surface area contributed by atoms with E-state index in [1.54, 1.807) is 50.2 Å². The molecule has 2 aromatic carbocycles. The van der Waals surface area contributed by atoms with Crippen molar-refractivity contribution in [3.8, 4) is 5.75 Å². The number of nitrogens with two attached hydrogens (primary N) is 1. The summed E-state index contributed by atoms with van der Waals surface area (Å²) in [6.45, 7) is 4.40. The Labute approximate surface area is 234 Å². The second-order valence-corrected chi connectivity index (χ2v) is 11.8. The van der Waals surface area contributed by atoms with Gasteiger partial charge in [0.25, 0.3) is 5.85 Å². The van der Waals surface area contributed by atoms with Gasteiger partial charge >= 0.3 is 19.4 Å². The van der Waals surface area contributed by atoms with E-state index in [9.17, 15) is 24.4 Å². The summed E-state index contributed by atoms with van der Waals surface area (Å²) in [6, 6.07) is 11.9. The Hall–Kier alpha value is -3.39. The van der Waals surface area contributed by atoms with E-state index in [1.165, 1.54) is 19.1 Å². The van der Waals surface area contributed by atoms with Gasteiger partial charge in [0, 0.05) is 11.6 Å². The number of nitrogens with one attached hydrogen (secondary N) is 1. The molecule has 2 heterocycles. The monoisotopic (exact) mass is 594 g/mol. The molecule has 1 aliphatic heterocycles. The Morgan fingerprint density at radius 3 is 2.61 bits per heavy atom. The largest absolute Gasteiger partial charge is 0.462 e. The molecular weight excluding hydrogens is 562 g/mol. The highest BCUT2D eigenvalue weighted by molar-refractivity contribution is 7.52. The number of nitrogen functional groups attached to an aromatic ring is 1. The molecule has 1 unspecified atom stereocenters. The van der Waals surface area contributed by atoms with Crippen LogP contribution in [0.4, 0.5) is 10.2 Å². The Morgan fingerprint density at radius 2 is 1.93 bits per heavy atom. The van der Waals surface area contributed by atoms with Crippen molar-refractivity contribution < 1.29 is 42.5 Å². The zero-order chi connectivity index (χ0) is 30.2. The number of rotatable bonds is 10. The fourth-order valence-electron chi connectivity index (χ4n) is 4.29. The molecule has 6 atom stereocenters. The summed E-state index contributed by atoms with van der Waals surface area (Å²) in [6.07, 6.45) is -3.43. The zero-order valence-corrected chi connectivity index (χ0v) is 23.7. The Kier molecular flexibility index (Phi) is 8.55. The van der Waals surface area contributed by atoms with Crippen LogP contribution in [0.2, 0.25) is 0 Å². The highest BCUT2D eigenvalue weighted by Crippen LogP contribution is 2.51. The van der Waals surface area contributed by atoms with Crippen LogP contribution in [0.25, 0.3) is 10.8 Å². The van der Waals surface area contributed by atoms with Crippen LogP contribution in [0, 0.1) is 0 Å². The minimum absolute atomic E-state index is 0.0912. The normalized spacial score (nSPS) is 26.5. The first-order chi connectivity index (χ1) is 19.1. The van der Waals surface area contributed by atoms with Crippen LogP contribution in [0.15, 0.2) is 59.5 Å². The second kappa shape index (κ2) is 11.5. The van der Waals surface area contributed by atoms with Crippen molar-refractivity contribution in [1.82, 2.24) is 14.6 Å². The molecular formula is C26H32FN4O9P. The number of anilines is 1. The number of hydrogen-bond donors (Lipinski definition) is 4. The number of aromatic nitrogens is 2. The Morgan fingerprint density at radius 1 is 1.24 bits per heavy atom. The van der Waals surface area contributed by atoms with Gasteiger partial charge in [-0.3, -0.25) is 13.9 Å². The maximum atomic E-state index is 16.1. The fourth-order valence-corrected chi connectivity index (χ4v) is 5.81. The molecule has 1 fully saturated rings. The molecule has 5 N–H and O–H groups in total. The first-order valence-corrected chi connectivity index (χ1v) is 14.2. The molecule has 0 bridgehead atoms. The average molecular weight is 595 g/mol. The number of halogens is 1. The third-order valence-electron chi connectivity index (χ3n) is 6.33. The van der Waals surface area contributed by atoms with Crippen LogP contribution in [-0.4, -0.2) is 62.0 Å². The van der Waals surface area contributed by atoms with Gasteiger partial charge in [0.1, 0.15) is 35.9 Å². The van der Waals surface area contributed by atoms with Crippen molar-refractivity contribution in [2.24, 2.45) is 0 Å². The number of ether oxygens (including phenoxy) is 2. The van der Waals surface area contributed by atoms with Gasteiger partial charge < -0.3 is 29.9 Å². The number of esters is 1. The van der Waals surface area contributed by atoms with E-state index in [0.717, 1.165) is 23.1 Å². The molecule has 41 heavy (non-hydrogen) atoms. The van der Waals surface area contributed by atoms with Crippen molar-refractivity contribution in [2.75, 3.05) is 12.3 Å². The van der Waals surface area contributed by atoms with E-state index in [2.05, 4.69) is 10.1 Å². The predicted molar refractivity (Wildman–Crippen MR) is 145 cm³/mol. The molecule has 1 aliphatic rings. The highest BCUT2D eigenvalue weighted by atomic mass is 31.2. The van der Waals surface area contributed by atoms with Gasteiger partial charge in [-0.1, -0.05) is 36.4 Å². The number of carbonyl (C=O) groups excluding carboxylic acids is 1.